The Kier molecular flexibility index (Phi) is 11.8. The number of carbonyl (C=O) groups excluding carboxylic acids is 1. The zero-order valence-electron chi connectivity index (χ0n) is 34.8. The van der Waals surface area contributed by atoms with E-state index in [2.05, 4.69) is 71.7 Å². The number of hydrogen-bond acceptors (Lipinski definition) is 10. The fourth-order valence-corrected chi connectivity index (χ4v) is 8.53. The Morgan fingerprint density at radius 2 is 1.37 bits per heavy atom. The second kappa shape index (κ2) is 17.5. The zero-order valence-corrected chi connectivity index (χ0v) is 34.8. The van der Waals surface area contributed by atoms with Crippen LogP contribution in [0.2, 0.25) is 0 Å². The molecule has 5 aromatic rings. The third-order valence-corrected chi connectivity index (χ3v) is 11.8. The van der Waals surface area contributed by atoms with E-state index in [4.69, 9.17) is 33.2 Å². The van der Waals surface area contributed by atoms with Gasteiger partial charge in [-0.2, -0.15) is 0 Å². The molecule has 308 valence electrons. The maximum Gasteiger partial charge on any atom is 0.251 e. The molecule has 9 rings (SSSR count). The average Bonchev–Trinajstić information content (AvgIpc) is 3.26. The summed E-state index contributed by atoms with van der Waals surface area (Å²) in [6.45, 7) is 2.63. The molecule has 5 aromatic carbocycles. The summed E-state index contributed by atoms with van der Waals surface area (Å²) in [5.41, 5.74) is 7.53. The molecule has 4 heterocycles. The number of fused-ring (bicyclic) bond motifs is 2. The Morgan fingerprint density at radius 1 is 0.695 bits per heavy atom. The van der Waals surface area contributed by atoms with Crippen LogP contribution in [0, 0.1) is 0 Å². The number of amides is 1. The van der Waals surface area contributed by atoms with Crippen molar-refractivity contribution in [3.8, 4) is 51.7 Å². The lowest BCUT2D eigenvalue weighted by molar-refractivity contribution is 0.0951. The fraction of sp³-hybridized carbons (Fsp3) is 0.354. The van der Waals surface area contributed by atoms with E-state index >= 15 is 0 Å². The second-order valence-corrected chi connectivity index (χ2v) is 15.4. The molecule has 6 bridgehead atoms. The topological polar surface area (TPSA) is 100 Å². The van der Waals surface area contributed by atoms with E-state index in [-0.39, 0.29) is 18.0 Å². The van der Waals surface area contributed by atoms with Crippen LogP contribution < -0.4 is 38.5 Å². The summed E-state index contributed by atoms with van der Waals surface area (Å²) in [4.78, 5) is 17.5. The van der Waals surface area contributed by atoms with Gasteiger partial charge in [-0.3, -0.25) is 14.6 Å². The van der Waals surface area contributed by atoms with E-state index in [0.29, 0.717) is 77.6 Å². The summed E-state index contributed by atoms with van der Waals surface area (Å²) >= 11 is 0. The zero-order chi connectivity index (χ0) is 41.0. The number of ether oxygens (including phenoxy) is 7. The third-order valence-electron chi connectivity index (χ3n) is 11.8. The summed E-state index contributed by atoms with van der Waals surface area (Å²) in [6, 6.07) is 28.0. The maximum atomic E-state index is 12.7. The van der Waals surface area contributed by atoms with Gasteiger partial charge < -0.3 is 38.5 Å². The van der Waals surface area contributed by atoms with Crippen molar-refractivity contribution in [3.05, 3.63) is 124 Å². The van der Waals surface area contributed by atoms with E-state index in [0.717, 1.165) is 54.8 Å². The van der Waals surface area contributed by atoms with Crippen LogP contribution in [0.1, 0.15) is 62.2 Å². The number of rotatable bonds is 10. The van der Waals surface area contributed by atoms with Crippen molar-refractivity contribution in [1.29, 1.82) is 0 Å². The molecular formula is C48H53N3O8. The third kappa shape index (κ3) is 8.35. The molecule has 11 heteroatoms. The molecule has 0 fully saturated rings. The van der Waals surface area contributed by atoms with Gasteiger partial charge in [-0.25, -0.2) is 0 Å². The second-order valence-electron chi connectivity index (χ2n) is 15.4. The van der Waals surface area contributed by atoms with Gasteiger partial charge in [-0.05, 0) is 141 Å². The highest BCUT2D eigenvalue weighted by molar-refractivity contribution is 5.94. The summed E-state index contributed by atoms with van der Waals surface area (Å²) < 4.78 is 43.4. The number of nitrogens with one attached hydrogen (secondary N) is 1. The Balaban J connectivity index is 1.15. The lowest BCUT2D eigenvalue weighted by Gasteiger charge is -2.37. The molecule has 1 amide bonds. The highest BCUT2D eigenvalue weighted by Crippen LogP contribution is 2.52. The molecule has 0 saturated heterocycles. The van der Waals surface area contributed by atoms with Gasteiger partial charge in [-0.1, -0.05) is 18.2 Å². The van der Waals surface area contributed by atoms with Crippen molar-refractivity contribution in [3.63, 3.8) is 0 Å². The Hall–Kier alpha value is -5.91. The van der Waals surface area contributed by atoms with Crippen molar-refractivity contribution in [2.75, 3.05) is 68.8 Å². The van der Waals surface area contributed by atoms with Crippen molar-refractivity contribution in [2.45, 2.75) is 44.2 Å². The largest absolute Gasteiger partial charge is 0.497 e. The number of likely N-dealkylation sites (N-methyl/N-ethyl adjacent to an activating group) is 2. The van der Waals surface area contributed by atoms with Crippen LogP contribution in [0.5, 0.6) is 51.7 Å². The number of carbonyl (C=O) groups is 1. The van der Waals surface area contributed by atoms with Crippen LogP contribution >= 0.6 is 0 Å². The first kappa shape index (κ1) is 39.9. The van der Waals surface area contributed by atoms with E-state index in [1.807, 2.05) is 18.2 Å². The van der Waals surface area contributed by atoms with E-state index in [1.54, 1.807) is 52.7 Å². The first-order chi connectivity index (χ1) is 28.8. The van der Waals surface area contributed by atoms with E-state index in [9.17, 15) is 4.79 Å². The van der Waals surface area contributed by atoms with Gasteiger partial charge in [0.05, 0.1) is 35.0 Å². The van der Waals surface area contributed by atoms with Gasteiger partial charge in [0.2, 0.25) is 5.75 Å². The number of nitrogens with zero attached hydrogens (tertiary/aromatic N) is 2. The summed E-state index contributed by atoms with van der Waals surface area (Å²) in [6.07, 6.45) is 3.82. The summed E-state index contributed by atoms with van der Waals surface area (Å²) in [7, 11) is 11.0. The van der Waals surface area contributed by atoms with Gasteiger partial charge >= 0.3 is 0 Å². The normalized spacial score (nSPS) is 17.3. The van der Waals surface area contributed by atoms with Crippen LogP contribution in [-0.2, 0) is 25.7 Å². The number of hydrogen-bond donors (Lipinski definition) is 1. The first-order valence-electron chi connectivity index (χ1n) is 20.3. The molecular weight excluding hydrogens is 747 g/mol. The molecule has 0 radical (unpaired) electrons. The van der Waals surface area contributed by atoms with Gasteiger partial charge in [0.15, 0.2) is 34.5 Å². The molecule has 0 saturated carbocycles. The van der Waals surface area contributed by atoms with Crippen LogP contribution in [-0.4, -0.2) is 84.5 Å². The lowest BCUT2D eigenvalue weighted by Crippen LogP contribution is -2.34. The van der Waals surface area contributed by atoms with Crippen molar-refractivity contribution < 1.29 is 38.0 Å². The number of methoxy groups -OCH3 is 4. The van der Waals surface area contributed by atoms with Crippen LogP contribution in [0.4, 0.5) is 0 Å². The molecule has 0 aromatic heterocycles. The Labute approximate surface area is 346 Å². The van der Waals surface area contributed by atoms with Crippen LogP contribution in [0.15, 0.2) is 84.9 Å². The lowest BCUT2D eigenvalue weighted by atomic mass is 9.87. The summed E-state index contributed by atoms with van der Waals surface area (Å²) in [5, 5.41) is 2.99. The van der Waals surface area contributed by atoms with Gasteiger partial charge in [0.25, 0.3) is 5.91 Å². The molecule has 59 heavy (non-hydrogen) atoms. The molecule has 11 nitrogen and oxygen atoms in total. The highest BCUT2D eigenvalue weighted by atomic mass is 16.5. The quantitative estimate of drug-likeness (QED) is 0.139. The minimum Gasteiger partial charge on any atom is -0.497 e. The number of benzene rings is 5. The standard InChI is InChI=1S/C48H53N3O8/c1-50-21-18-33-27-41(54-4)43-29-37(33)38(50)24-30-8-13-36(14-9-30)58-42-26-31(10-17-40(42)57-23-7-20-49-48(52)32-11-15-35(53-3)16-12-32)25-39-45-34(19-22-51(39)2)28-44(55-5)46(56-6)47(45)59-43/h8-17,26-29,38-39H,7,18-25H2,1-6H3,(H,49,52)/t38-,39+/m0/s1. The van der Waals surface area contributed by atoms with Crippen LogP contribution in [0.3, 0.4) is 0 Å². The minimum atomic E-state index is -0.142. The highest BCUT2D eigenvalue weighted by Gasteiger charge is 2.35. The maximum absolute atomic E-state index is 12.7. The van der Waals surface area contributed by atoms with Crippen molar-refractivity contribution in [1.82, 2.24) is 15.1 Å². The SMILES string of the molecule is COc1ccc(C(=O)NCCCOc2ccc3cc2Oc2ccc(cc2)C[C@H]2c4cc(c(OC)cc4CCN2C)Oc2c(OC)c(OC)cc4c2[C@@H](C3)N(C)CC4)cc1. The molecule has 0 spiro atoms. The van der Waals surface area contributed by atoms with E-state index < -0.39 is 0 Å². The smallest absolute Gasteiger partial charge is 0.251 e. The first-order valence-corrected chi connectivity index (χ1v) is 20.3. The minimum absolute atomic E-state index is 0.0665. The molecule has 1 N–H and O–H groups in total. The van der Waals surface area contributed by atoms with E-state index in [1.165, 1.54) is 16.7 Å². The monoisotopic (exact) mass is 799 g/mol. The average molecular weight is 800 g/mol. The Morgan fingerprint density at radius 3 is 2.10 bits per heavy atom. The van der Waals surface area contributed by atoms with Crippen molar-refractivity contribution in [2.24, 2.45) is 0 Å². The van der Waals surface area contributed by atoms with Crippen molar-refractivity contribution >= 4 is 5.91 Å². The predicted molar refractivity (Wildman–Crippen MR) is 227 cm³/mol. The van der Waals surface area contributed by atoms with Gasteiger partial charge in [-0.15, -0.1) is 0 Å². The predicted octanol–water partition coefficient (Wildman–Crippen LogP) is 8.36. The summed E-state index contributed by atoms with van der Waals surface area (Å²) in [5.74, 6) is 5.66. The molecule has 0 unspecified atom stereocenters. The van der Waals surface area contributed by atoms with Gasteiger partial charge in [0, 0.05) is 42.8 Å². The fourth-order valence-electron chi connectivity index (χ4n) is 8.53. The molecule has 4 aliphatic heterocycles. The molecule has 2 atom stereocenters. The van der Waals surface area contributed by atoms with Gasteiger partial charge in [0.1, 0.15) is 11.5 Å². The van der Waals surface area contributed by atoms with Crippen LogP contribution in [0.25, 0.3) is 0 Å². The molecule has 0 aliphatic carbocycles. The molecule has 4 aliphatic rings. The Bertz CT molecular complexity index is 2290.